The van der Waals surface area contributed by atoms with Gasteiger partial charge >= 0.3 is 5.97 Å². The maximum atomic E-state index is 11.0. The van der Waals surface area contributed by atoms with Crippen LogP contribution in [0.2, 0.25) is 0 Å². The normalized spacial score (nSPS) is 10.2. The molecular formula is C13H11NO3. The van der Waals surface area contributed by atoms with Gasteiger partial charge in [-0.2, -0.15) is 0 Å². The number of aromatic nitrogens is 1. The molecule has 0 unspecified atom stereocenters. The Morgan fingerprint density at radius 3 is 2.82 bits per heavy atom. The SMILES string of the molecule is CC(=O)Oc1cccc2c(C=O)ncc(C)c12. The number of ether oxygens (including phenoxy) is 1. The predicted octanol–water partition coefficient (Wildman–Crippen LogP) is 2.28. The van der Waals surface area contributed by atoms with Crippen molar-refractivity contribution in [2.24, 2.45) is 0 Å². The Balaban J connectivity index is 2.78. The Morgan fingerprint density at radius 2 is 2.18 bits per heavy atom. The number of hydrogen-bond donors (Lipinski definition) is 0. The number of nitrogens with zero attached hydrogens (tertiary/aromatic N) is 1. The summed E-state index contributed by atoms with van der Waals surface area (Å²) in [7, 11) is 0. The third-order valence-electron chi connectivity index (χ3n) is 2.46. The molecule has 2 rings (SSSR count). The van der Waals surface area contributed by atoms with E-state index < -0.39 is 0 Å². The van der Waals surface area contributed by atoms with Gasteiger partial charge in [-0.05, 0) is 18.6 Å². The summed E-state index contributed by atoms with van der Waals surface area (Å²) in [5.41, 5.74) is 1.21. The fourth-order valence-corrected chi connectivity index (χ4v) is 1.79. The maximum absolute atomic E-state index is 11.0. The average Bonchev–Trinajstić information content (AvgIpc) is 2.29. The van der Waals surface area contributed by atoms with Crippen LogP contribution in [-0.4, -0.2) is 17.2 Å². The maximum Gasteiger partial charge on any atom is 0.308 e. The minimum absolute atomic E-state index is 0.347. The smallest absolute Gasteiger partial charge is 0.308 e. The summed E-state index contributed by atoms with van der Waals surface area (Å²) in [6, 6.07) is 5.21. The molecule has 4 nitrogen and oxygen atoms in total. The quantitative estimate of drug-likeness (QED) is 0.450. The summed E-state index contributed by atoms with van der Waals surface area (Å²) >= 11 is 0. The van der Waals surface area contributed by atoms with Crippen LogP contribution in [0.15, 0.2) is 24.4 Å². The van der Waals surface area contributed by atoms with Crippen molar-refractivity contribution >= 4 is 23.0 Å². The predicted molar refractivity (Wildman–Crippen MR) is 63.2 cm³/mol. The van der Waals surface area contributed by atoms with E-state index in [0.29, 0.717) is 23.1 Å². The lowest BCUT2D eigenvalue weighted by molar-refractivity contribution is -0.131. The number of fused-ring (bicyclic) bond motifs is 1. The molecule has 0 saturated carbocycles. The van der Waals surface area contributed by atoms with Crippen molar-refractivity contribution in [1.29, 1.82) is 0 Å². The number of hydrogen-bond acceptors (Lipinski definition) is 4. The van der Waals surface area contributed by atoms with Crippen molar-refractivity contribution in [1.82, 2.24) is 4.98 Å². The summed E-state index contributed by atoms with van der Waals surface area (Å²) in [6.45, 7) is 3.20. The van der Waals surface area contributed by atoms with E-state index in [4.69, 9.17) is 4.74 Å². The van der Waals surface area contributed by atoms with Crippen LogP contribution in [0.5, 0.6) is 5.75 Å². The van der Waals surface area contributed by atoms with Gasteiger partial charge in [0.05, 0.1) is 0 Å². The number of aldehydes is 1. The topological polar surface area (TPSA) is 56.3 Å². The van der Waals surface area contributed by atoms with Gasteiger partial charge in [-0.3, -0.25) is 14.6 Å². The second kappa shape index (κ2) is 4.33. The lowest BCUT2D eigenvalue weighted by Crippen LogP contribution is -2.03. The van der Waals surface area contributed by atoms with Gasteiger partial charge in [0, 0.05) is 23.9 Å². The summed E-state index contributed by atoms with van der Waals surface area (Å²) in [5, 5.41) is 1.44. The van der Waals surface area contributed by atoms with Crippen molar-refractivity contribution in [3.05, 3.63) is 35.7 Å². The lowest BCUT2D eigenvalue weighted by Gasteiger charge is -2.09. The van der Waals surface area contributed by atoms with Crippen LogP contribution in [0, 0.1) is 6.92 Å². The molecule has 1 aromatic heterocycles. The Morgan fingerprint density at radius 1 is 1.41 bits per heavy atom. The van der Waals surface area contributed by atoms with Gasteiger partial charge in [0.1, 0.15) is 11.4 Å². The monoisotopic (exact) mass is 229 g/mol. The highest BCUT2D eigenvalue weighted by Gasteiger charge is 2.10. The lowest BCUT2D eigenvalue weighted by atomic mass is 10.1. The van der Waals surface area contributed by atoms with Gasteiger partial charge in [-0.25, -0.2) is 0 Å². The summed E-state index contributed by atoms with van der Waals surface area (Å²) < 4.78 is 5.13. The highest BCUT2D eigenvalue weighted by molar-refractivity contribution is 6.01. The van der Waals surface area contributed by atoms with Crippen LogP contribution in [-0.2, 0) is 4.79 Å². The number of rotatable bonds is 2. The molecule has 2 aromatic rings. The van der Waals surface area contributed by atoms with Gasteiger partial charge in [-0.15, -0.1) is 0 Å². The summed E-state index contributed by atoms with van der Waals surface area (Å²) in [4.78, 5) is 25.9. The molecule has 1 aromatic carbocycles. The number of carbonyl (C=O) groups is 2. The zero-order valence-corrected chi connectivity index (χ0v) is 9.56. The average molecular weight is 229 g/mol. The third-order valence-corrected chi connectivity index (χ3v) is 2.46. The van der Waals surface area contributed by atoms with E-state index >= 15 is 0 Å². The molecule has 0 bridgehead atoms. The van der Waals surface area contributed by atoms with E-state index in [2.05, 4.69) is 4.98 Å². The third kappa shape index (κ3) is 2.01. The van der Waals surface area contributed by atoms with Crippen LogP contribution in [0.1, 0.15) is 23.0 Å². The first-order valence-electron chi connectivity index (χ1n) is 5.15. The largest absolute Gasteiger partial charge is 0.426 e. The Labute approximate surface area is 98.2 Å². The fourth-order valence-electron chi connectivity index (χ4n) is 1.79. The number of carbonyl (C=O) groups excluding carboxylic acids is 2. The minimum atomic E-state index is -0.388. The van der Waals surface area contributed by atoms with Gasteiger partial charge < -0.3 is 4.74 Å². The Bertz CT molecular complexity index is 605. The second-order valence-corrected chi connectivity index (χ2v) is 3.72. The number of pyridine rings is 1. The first kappa shape index (κ1) is 11.3. The molecule has 0 fully saturated rings. The van der Waals surface area contributed by atoms with Gasteiger partial charge in [0.25, 0.3) is 0 Å². The molecule has 0 N–H and O–H groups in total. The van der Waals surface area contributed by atoms with Crippen molar-refractivity contribution in [2.45, 2.75) is 13.8 Å². The molecule has 17 heavy (non-hydrogen) atoms. The fraction of sp³-hybridized carbons (Fsp3) is 0.154. The van der Waals surface area contributed by atoms with E-state index in [1.807, 2.05) is 6.92 Å². The minimum Gasteiger partial charge on any atom is -0.426 e. The molecule has 0 aliphatic carbocycles. The number of aryl methyl sites for hydroxylation is 1. The Kier molecular flexibility index (Phi) is 2.87. The highest BCUT2D eigenvalue weighted by Crippen LogP contribution is 2.29. The van der Waals surface area contributed by atoms with Crippen LogP contribution < -0.4 is 4.74 Å². The molecule has 4 heteroatoms. The molecular weight excluding hydrogens is 218 g/mol. The van der Waals surface area contributed by atoms with E-state index in [-0.39, 0.29) is 5.97 Å². The van der Waals surface area contributed by atoms with Gasteiger partial charge in [0.2, 0.25) is 0 Å². The zero-order chi connectivity index (χ0) is 12.4. The molecule has 1 heterocycles. The summed E-state index contributed by atoms with van der Waals surface area (Å²) in [5.74, 6) is 0.0689. The van der Waals surface area contributed by atoms with Crippen molar-refractivity contribution in [3.8, 4) is 5.75 Å². The van der Waals surface area contributed by atoms with E-state index in [1.54, 1.807) is 24.4 Å². The highest BCUT2D eigenvalue weighted by atomic mass is 16.5. The first-order valence-corrected chi connectivity index (χ1v) is 5.15. The van der Waals surface area contributed by atoms with E-state index in [9.17, 15) is 9.59 Å². The van der Waals surface area contributed by atoms with Crippen LogP contribution in [0.4, 0.5) is 0 Å². The van der Waals surface area contributed by atoms with Gasteiger partial charge in [0.15, 0.2) is 6.29 Å². The van der Waals surface area contributed by atoms with Crippen molar-refractivity contribution in [3.63, 3.8) is 0 Å². The molecule has 0 radical (unpaired) electrons. The second-order valence-electron chi connectivity index (χ2n) is 3.72. The first-order chi connectivity index (χ1) is 8.13. The molecule has 0 aliphatic heterocycles. The van der Waals surface area contributed by atoms with Crippen molar-refractivity contribution in [2.75, 3.05) is 0 Å². The Hall–Kier alpha value is -2.23. The van der Waals surface area contributed by atoms with E-state index in [0.717, 1.165) is 10.9 Å². The molecule has 0 aliphatic rings. The summed E-state index contributed by atoms with van der Waals surface area (Å²) in [6.07, 6.45) is 2.29. The van der Waals surface area contributed by atoms with Crippen molar-refractivity contribution < 1.29 is 14.3 Å². The zero-order valence-electron chi connectivity index (χ0n) is 9.56. The molecule has 0 saturated heterocycles. The molecule has 0 spiro atoms. The van der Waals surface area contributed by atoms with Gasteiger partial charge in [-0.1, -0.05) is 12.1 Å². The molecule has 0 atom stereocenters. The van der Waals surface area contributed by atoms with Crippen LogP contribution in [0.3, 0.4) is 0 Å². The standard InChI is InChI=1S/C13H11NO3/c1-8-6-14-11(7-15)10-4-3-5-12(13(8)10)17-9(2)16/h3-7H,1-2H3. The number of benzene rings is 1. The van der Waals surface area contributed by atoms with Crippen LogP contribution in [0.25, 0.3) is 10.8 Å². The molecule has 0 amide bonds. The van der Waals surface area contributed by atoms with Crippen LogP contribution >= 0.6 is 0 Å². The molecule has 86 valence electrons. The van der Waals surface area contributed by atoms with E-state index in [1.165, 1.54) is 6.92 Å². The number of esters is 1.